The Bertz CT molecular complexity index is 1290. The van der Waals surface area contributed by atoms with Crippen molar-refractivity contribution in [3.05, 3.63) is 49.1 Å². The summed E-state index contributed by atoms with van der Waals surface area (Å²) in [4.78, 5) is 28.1. The average molecular weight is 436 g/mol. The zero-order valence-electron chi connectivity index (χ0n) is 16.5. The van der Waals surface area contributed by atoms with Crippen molar-refractivity contribution < 1.29 is 13.6 Å². The van der Waals surface area contributed by atoms with Gasteiger partial charge in [-0.2, -0.15) is 4.98 Å². The van der Waals surface area contributed by atoms with Crippen LogP contribution in [0.1, 0.15) is 12.8 Å². The average Bonchev–Trinajstić information content (AvgIpc) is 3.37. The molecule has 1 aliphatic rings. The number of benzene rings is 1. The van der Waals surface area contributed by atoms with E-state index in [4.69, 9.17) is 0 Å². The molecule has 31 heavy (non-hydrogen) atoms. The number of rotatable bonds is 6. The van der Waals surface area contributed by atoms with Crippen LogP contribution in [0.2, 0.25) is 0 Å². The lowest BCUT2D eigenvalue weighted by Crippen LogP contribution is -2.21. The Hall–Kier alpha value is -3.57. The second-order valence-corrected chi connectivity index (χ2v) is 8.12. The highest BCUT2D eigenvalue weighted by Gasteiger charge is 2.30. The summed E-state index contributed by atoms with van der Waals surface area (Å²) in [5.74, 6) is 0.623. The maximum absolute atomic E-state index is 12.1. The van der Waals surface area contributed by atoms with Gasteiger partial charge >= 0.3 is 0 Å². The molecule has 0 saturated heterocycles. The lowest BCUT2D eigenvalue weighted by molar-refractivity contribution is -0.117. The number of imidazole rings is 1. The number of nitrogens with zero attached hydrogens (tertiary/aromatic N) is 5. The summed E-state index contributed by atoms with van der Waals surface area (Å²) in [5, 5.41) is 3.58. The molecule has 1 saturated carbocycles. The monoisotopic (exact) mass is 436 g/mol. The molecule has 1 aromatic carbocycles. The number of hydrogen-bond acceptors (Lipinski definition) is 6. The SMILES string of the molecule is Cn1cncc1N(c1ccc(-c2nc(NC(=O)C3CC3)nc3[nH]ccc23)cc1)S(=O)[O-]. The number of amides is 1. The molecule has 10 nitrogen and oxygen atoms in total. The van der Waals surface area contributed by atoms with Crippen LogP contribution in [0.25, 0.3) is 22.3 Å². The summed E-state index contributed by atoms with van der Waals surface area (Å²) in [6.45, 7) is 0. The van der Waals surface area contributed by atoms with Gasteiger partial charge < -0.3 is 14.1 Å². The number of aryl methyl sites for hydroxylation is 1. The van der Waals surface area contributed by atoms with Gasteiger partial charge in [0.1, 0.15) is 11.5 Å². The lowest BCUT2D eigenvalue weighted by atomic mass is 10.1. The van der Waals surface area contributed by atoms with E-state index in [-0.39, 0.29) is 17.8 Å². The van der Waals surface area contributed by atoms with Gasteiger partial charge in [0.2, 0.25) is 11.9 Å². The summed E-state index contributed by atoms with van der Waals surface area (Å²) < 4.78 is 26.5. The number of carbonyl (C=O) groups excluding carboxylic acids is 1. The standard InChI is InChI=1S/C20H19N7O3S/c1-26-11-21-10-16(26)27(31(29)30)14-6-4-12(5-7-14)17-15-8-9-22-18(15)24-20(23-17)25-19(28)13-2-3-13/h4-11,13H,2-3H2,1H3,(H,29,30)(H2,22,23,24,25,28)/p-1. The van der Waals surface area contributed by atoms with Gasteiger partial charge in [0.05, 0.1) is 35.2 Å². The van der Waals surface area contributed by atoms with E-state index in [1.807, 2.05) is 6.07 Å². The fraction of sp³-hybridized carbons (Fsp3) is 0.200. The maximum atomic E-state index is 12.1. The number of aromatic nitrogens is 5. The third-order valence-electron chi connectivity index (χ3n) is 5.12. The van der Waals surface area contributed by atoms with Crippen LogP contribution in [0.3, 0.4) is 0 Å². The molecular weight excluding hydrogens is 418 g/mol. The van der Waals surface area contributed by atoms with Crippen molar-refractivity contribution in [2.75, 3.05) is 9.62 Å². The number of nitrogens with one attached hydrogen (secondary N) is 2. The van der Waals surface area contributed by atoms with E-state index >= 15 is 0 Å². The molecule has 5 rings (SSSR count). The largest absolute Gasteiger partial charge is 0.755 e. The number of hydrogen-bond donors (Lipinski definition) is 2. The Balaban J connectivity index is 1.51. The van der Waals surface area contributed by atoms with Gasteiger partial charge in [0.15, 0.2) is 0 Å². The fourth-order valence-corrected chi connectivity index (χ4v) is 3.99. The first-order valence-corrected chi connectivity index (χ1v) is 10.7. The molecule has 3 aromatic heterocycles. The molecule has 0 radical (unpaired) electrons. The Kier molecular flexibility index (Phi) is 4.75. The van der Waals surface area contributed by atoms with Crippen LogP contribution in [0.15, 0.2) is 49.1 Å². The van der Waals surface area contributed by atoms with Crippen molar-refractivity contribution >= 4 is 45.7 Å². The second-order valence-electron chi connectivity index (χ2n) is 7.32. The molecule has 158 valence electrons. The Morgan fingerprint density at radius 2 is 2.03 bits per heavy atom. The number of carbonyl (C=O) groups is 1. The molecule has 11 heteroatoms. The van der Waals surface area contributed by atoms with E-state index in [1.165, 1.54) is 12.5 Å². The van der Waals surface area contributed by atoms with E-state index in [2.05, 4.69) is 25.3 Å². The normalized spacial score (nSPS) is 14.5. The Morgan fingerprint density at radius 3 is 2.68 bits per heavy atom. The molecule has 1 aliphatic carbocycles. The topological polar surface area (TPSA) is 132 Å². The molecule has 3 heterocycles. The van der Waals surface area contributed by atoms with Crippen molar-refractivity contribution in [1.82, 2.24) is 24.5 Å². The van der Waals surface area contributed by atoms with Crippen LogP contribution in [-0.4, -0.2) is 39.2 Å². The Labute approximate surface area is 179 Å². The molecule has 1 atom stereocenters. The summed E-state index contributed by atoms with van der Waals surface area (Å²) in [7, 11) is 1.72. The highest BCUT2D eigenvalue weighted by atomic mass is 32.2. The van der Waals surface area contributed by atoms with Crippen LogP contribution in [0.5, 0.6) is 0 Å². The maximum Gasteiger partial charge on any atom is 0.232 e. The van der Waals surface area contributed by atoms with Gasteiger partial charge in [-0.1, -0.05) is 12.1 Å². The fourth-order valence-electron chi connectivity index (χ4n) is 3.37. The van der Waals surface area contributed by atoms with Crippen molar-refractivity contribution in [3.63, 3.8) is 0 Å². The van der Waals surface area contributed by atoms with E-state index in [9.17, 15) is 13.6 Å². The first-order chi connectivity index (χ1) is 15.0. The van der Waals surface area contributed by atoms with Crippen LogP contribution in [0.4, 0.5) is 17.5 Å². The highest BCUT2D eigenvalue weighted by Crippen LogP contribution is 2.33. The molecule has 0 aliphatic heterocycles. The second kappa shape index (κ2) is 7.60. The minimum Gasteiger partial charge on any atom is -0.755 e. The minimum absolute atomic E-state index is 0.0385. The van der Waals surface area contributed by atoms with Crippen molar-refractivity contribution in [2.45, 2.75) is 12.8 Å². The van der Waals surface area contributed by atoms with Crippen LogP contribution in [-0.2, 0) is 23.1 Å². The van der Waals surface area contributed by atoms with Gasteiger partial charge in [0.25, 0.3) is 0 Å². The van der Waals surface area contributed by atoms with Crippen molar-refractivity contribution in [2.24, 2.45) is 13.0 Å². The lowest BCUT2D eigenvalue weighted by Gasteiger charge is -2.26. The third kappa shape index (κ3) is 3.68. The quantitative estimate of drug-likeness (QED) is 0.447. The Morgan fingerprint density at radius 1 is 1.26 bits per heavy atom. The predicted octanol–water partition coefficient (Wildman–Crippen LogP) is 2.64. The first kappa shape index (κ1) is 19.4. The molecule has 1 amide bonds. The summed E-state index contributed by atoms with van der Waals surface area (Å²) in [5.41, 5.74) is 2.47. The number of aromatic amines is 1. The van der Waals surface area contributed by atoms with Gasteiger partial charge in [0, 0.05) is 30.1 Å². The van der Waals surface area contributed by atoms with Crippen molar-refractivity contribution in [3.8, 4) is 11.3 Å². The molecule has 1 unspecified atom stereocenters. The van der Waals surface area contributed by atoms with Gasteiger partial charge in [-0.15, -0.1) is 0 Å². The zero-order valence-corrected chi connectivity index (χ0v) is 17.3. The number of anilines is 3. The molecule has 2 N–H and O–H groups in total. The van der Waals surface area contributed by atoms with Crippen LogP contribution in [0, 0.1) is 5.92 Å². The van der Waals surface area contributed by atoms with E-state index in [1.54, 1.807) is 42.1 Å². The molecule has 0 spiro atoms. The van der Waals surface area contributed by atoms with E-state index < -0.39 is 11.3 Å². The van der Waals surface area contributed by atoms with Gasteiger partial charge in [-0.05, 0) is 31.0 Å². The zero-order chi connectivity index (χ0) is 21.5. The third-order valence-corrected chi connectivity index (χ3v) is 5.82. The predicted molar refractivity (Wildman–Crippen MR) is 115 cm³/mol. The summed E-state index contributed by atoms with van der Waals surface area (Å²) in [6, 6.07) is 8.82. The number of fused-ring (bicyclic) bond motifs is 1. The van der Waals surface area contributed by atoms with Gasteiger partial charge in [-0.3, -0.25) is 18.6 Å². The minimum atomic E-state index is -2.53. The summed E-state index contributed by atoms with van der Waals surface area (Å²) in [6.07, 6.45) is 6.55. The molecular formula is C20H18N7O3S-. The molecule has 4 aromatic rings. The highest BCUT2D eigenvalue weighted by molar-refractivity contribution is 7.81. The summed E-state index contributed by atoms with van der Waals surface area (Å²) >= 11 is -2.53. The van der Waals surface area contributed by atoms with E-state index in [0.717, 1.165) is 28.1 Å². The first-order valence-electron chi connectivity index (χ1n) is 9.63. The van der Waals surface area contributed by atoms with Crippen LogP contribution >= 0.6 is 0 Å². The molecule has 1 fully saturated rings. The molecule has 0 bridgehead atoms. The van der Waals surface area contributed by atoms with E-state index in [0.29, 0.717) is 22.8 Å². The number of H-pyrrole nitrogens is 1. The smallest absolute Gasteiger partial charge is 0.232 e. The van der Waals surface area contributed by atoms with Crippen LogP contribution < -0.4 is 9.62 Å². The van der Waals surface area contributed by atoms with Crippen molar-refractivity contribution in [1.29, 1.82) is 0 Å². The van der Waals surface area contributed by atoms with Gasteiger partial charge in [-0.25, -0.2) is 9.97 Å².